The summed E-state index contributed by atoms with van der Waals surface area (Å²) in [5, 5.41) is 9.51. The third-order valence-electron chi connectivity index (χ3n) is 2.50. The second-order valence-electron chi connectivity index (χ2n) is 3.65. The Balaban J connectivity index is 1.97. The molecule has 1 aliphatic heterocycles. The smallest absolute Gasteiger partial charge is 0.0577 e. The van der Waals surface area contributed by atoms with Crippen molar-refractivity contribution in [2.75, 3.05) is 20.3 Å². The lowest BCUT2D eigenvalue weighted by atomic mass is 10.1. The summed E-state index contributed by atoms with van der Waals surface area (Å²) in [6, 6.07) is 0. The number of rotatable bonds is 6. The van der Waals surface area contributed by atoms with Crippen molar-refractivity contribution in [2.45, 2.75) is 44.3 Å². The van der Waals surface area contributed by atoms with Crippen molar-refractivity contribution in [3.05, 3.63) is 0 Å². The van der Waals surface area contributed by atoms with Gasteiger partial charge in [0, 0.05) is 20.3 Å². The third kappa shape index (κ3) is 4.60. The zero-order valence-electron chi connectivity index (χ0n) is 8.37. The molecule has 0 bridgehead atoms. The average Bonchev–Trinajstić information content (AvgIpc) is 2.64. The fourth-order valence-corrected chi connectivity index (χ4v) is 1.65. The highest BCUT2D eigenvalue weighted by atomic mass is 16.5. The van der Waals surface area contributed by atoms with E-state index in [1.54, 1.807) is 7.11 Å². The summed E-state index contributed by atoms with van der Waals surface area (Å²) in [7, 11) is 1.66. The van der Waals surface area contributed by atoms with Crippen molar-refractivity contribution in [1.82, 2.24) is 0 Å². The van der Waals surface area contributed by atoms with Crippen molar-refractivity contribution in [1.29, 1.82) is 0 Å². The highest BCUT2D eigenvalue weighted by Crippen LogP contribution is 2.18. The Morgan fingerprint density at radius 3 is 3.00 bits per heavy atom. The molecule has 0 aromatic carbocycles. The molecule has 1 aliphatic rings. The molecule has 0 radical (unpaired) electrons. The standard InChI is InChI=1S/C10H20O3/c1-12-8-6-9(11)4-5-10-3-2-7-13-10/h9-11H,2-8H2,1H3. The molecule has 1 saturated heterocycles. The van der Waals surface area contributed by atoms with Gasteiger partial charge in [-0.25, -0.2) is 0 Å². The first kappa shape index (κ1) is 11.0. The summed E-state index contributed by atoms with van der Waals surface area (Å²) in [5.74, 6) is 0. The van der Waals surface area contributed by atoms with E-state index < -0.39 is 0 Å². The minimum Gasteiger partial charge on any atom is -0.393 e. The molecule has 0 saturated carbocycles. The fraction of sp³-hybridized carbons (Fsp3) is 1.00. The summed E-state index contributed by atoms with van der Waals surface area (Å²) in [5.41, 5.74) is 0. The zero-order valence-corrected chi connectivity index (χ0v) is 8.37. The Hall–Kier alpha value is -0.120. The first-order chi connectivity index (χ1) is 6.33. The van der Waals surface area contributed by atoms with E-state index in [1.165, 1.54) is 6.42 Å². The highest BCUT2D eigenvalue weighted by molar-refractivity contribution is 4.67. The molecule has 3 heteroatoms. The van der Waals surface area contributed by atoms with Gasteiger partial charge in [0.25, 0.3) is 0 Å². The van der Waals surface area contributed by atoms with Gasteiger partial charge in [-0.2, -0.15) is 0 Å². The number of ether oxygens (including phenoxy) is 2. The number of aliphatic hydroxyl groups is 1. The van der Waals surface area contributed by atoms with Crippen molar-refractivity contribution >= 4 is 0 Å². The minimum atomic E-state index is -0.218. The number of hydrogen-bond acceptors (Lipinski definition) is 3. The van der Waals surface area contributed by atoms with Crippen LogP contribution >= 0.6 is 0 Å². The lowest BCUT2D eigenvalue weighted by Crippen LogP contribution is -2.14. The Morgan fingerprint density at radius 1 is 1.54 bits per heavy atom. The molecule has 1 fully saturated rings. The van der Waals surface area contributed by atoms with Gasteiger partial charge >= 0.3 is 0 Å². The maximum Gasteiger partial charge on any atom is 0.0577 e. The summed E-state index contributed by atoms with van der Waals surface area (Å²) in [6.45, 7) is 1.55. The maximum absolute atomic E-state index is 9.51. The van der Waals surface area contributed by atoms with Crippen LogP contribution in [0.1, 0.15) is 32.1 Å². The second-order valence-corrected chi connectivity index (χ2v) is 3.65. The Kier molecular flexibility index (Phi) is 5.35. The van der Waals surface area contributed by atoms with Crippen molar-refractivity contribution in [2.24, 2.45) is 0 Å². The van der Waals surface area contributed by atoms with Crippen LogP contribution in [0.3, 0.4) is 0 Å². The van der Waals surface area contributed by atoms with Gasteiger partial charge in [0.05, 0.1) is 12.2 Å². The minimum absolute atomic E-state index is 0.218. The van der Waals surface area contributed by atoms with Gasteiger partial charge in [-0.3, -0.25) is 0 Å². The van der Waals surface area contributed by atoms with Gasteiger partial charge < -0.3 is 14.6 Å². The van der Waals surface area contributed by atoms with Crippen LogP contribution < -0.4 is 0 Å². The van der Waals surface area contributed by atoms with Crippen LogP contribution in [0.25, 0.3) is 0 Å². The monoisotopic (exact) mass is 188 g/mol. The van der Waals surface area contributed by atoms with Crippen LogP contribution in [-0.4, -0.2) is 37.6 Å². The van der Waals surface area contributed by atoms with Crippen LogP contribution in [0.2, 0.25) is 0 Å². The van der Waals surface area contributed by atoms with Crippen LogP contribution in [0.15, 0.2) is 0 Å². The molecule has 0 aromatic heterocycles. The quantitative estimate of drug-likeness (QED) is 0.683. The van der Waals surface area contributed by atoms with Gasteiger partial charge in [-0.15, -0.1) is 0 Å². The van der Waals surface area contributed by atoms with E-state index in [9.17, 15) is 5.11 Å². The normalized spacial score (nSPS) is 24.9. The van der Waals surface area contributed by atoms with E-state index in [-0.39, 0.29) is 6.10 Å². The van der Waals surface area contributed by atoms with E-state index in [2.05, 4.69) is 0 Å². The number of aliphatic hydroxyl groups excluding tert-OH is 1. The van der Waals surface area contributed by atoms with E-state index in [0.717, 1.165) is 32.3 Å². The molecule has 3 nitrogen and oxygen atoms in total. The predicted octanol–water partition coefficient (Wildman–Crippen LogP) is 1.34. The molecule has 1 rings (SSSR count). The van der Waals surface area contributed by atoms with Crippen LogP contribution in [-0.2, 0) is 9.47 Å². The van der Waals surface area contributed by atoms with Crippen molar-refractivity contribution < 1.29 is 14.6 Å². The largest absolute Gasteiger partial charge is 0.393 e. The summed E-state index contributed by atoms with van der Waals surface area (Å²) in [6.07, 6.45) is 5.10. The molecule has 2 unspecified atom stereocenters. The number of methoxy groups -OCH3 is 1. The summed E-state index contributed by atoms with van der Waals surface area (Å²) in [4.78, 5) is 0. The second kappa shape index (κ2) is 6.35. The highest BCUT2D eigenvalue weighted by Gasteiger charge is 2.16. The van der Waals surface area contributed by atoms with Gasteiger partial charge in [-0.1, -0.05) is 0 Å². The van der Waals surface area contributed by atoms with E-state index in [4.69, 9.17) is 9.47 Å². The Labute approximate surface area is 80.0 Å². The van der Waals surface area contributed by atoms with Crippen molar-refractivity contribution in [3.8, 4) is 0 Å². The Morgan fingerprint density at radius 2 is 2.38 bits per heavy atom. The molecule has 0 amide bonds. The van der Waals surface area contributed by atoms with Gasteiger partial charge in [0.2, 0.25) is 0 Å². The molecule has 78 valence electrons. The predicted molar refractivity (Wildman–Crippen MR) is 50.7 cm³/mol. The van der Waals surface area contributed by atoms with Crippen LogP contribution in [0.4, 0.5) is 0 Å². The Bertz CT molecular complexity index is 121. The van der Waals surface area contributed by atoms with E-state index in [0.29, 0.717) is 12.7 Å². The first-order valence-electron chi connectivity index (χ1n) is 5.11. The molecule has 2 atom stereocenters. The molecule has 13 heavy (non-hydrogen) atoms. The molecule has 0 spiro atoms. The lowest BCUT2D eigenvalue weighted by Gasteiger charge is -2.13. The number of hydrogen-bond donors (Lipinski definition) is 1. The maximum atomic E-state index is 9.51. The van der Waals surface area contributed by atoms with Crippen LogP contribution in [0, 0.1) is 0 Å². The summed E-state index contributed by atoms with van der Waals surface area (Å²) < 4.78 is 10.4. The molecule has 1 N–H and O–H groups in total. The van der Waals surface area contributed by atoms with Gasteiger partial charge in [0.1, 0.15) is 0 Å². The molecule has 0 aliphatic carbocycles. The average molecular weight is 188 g/mol. The molecule has 1 heterocycles. The fourth-order valence-electron chi connectivity index (χ4n) is 1.65. The van der Waals surface area contributed by atoms with Crippen molar-refractivity contribution in [3.63, 3.8) is 0 Å². The SMILES string of the molecule is COCCC(O)CCC1CCCO1. The molecule has 0 aromatic rings. The van der Waals surface area contributed by atoms with E-state index >= 15 is 0 Å². The lowest BCUT2D eigenvalue weighted by molar-refractivity contribution is 0.0670. The topological polar surface area (TPSA) is 38.7 Å². The third-order valence-corrected chi connectivity index (χ3v) is 2.50. The molecular formula is C10H20O3. The van der Waals surface area contributed by atoms with Crippen LogP contribution in [0.5, 0.6) is 0 Å². The van der Waals surface area contributed by atoms with E-state index in [1.807, 2.05) is 0 Å². The van der Waals surface area contributed by atoms with Gasteiger partial charge in [-0.05, 0) is 32.1 Å². The zero-order chi connectivity index (χ0) is 9.52. The first-order valence-corrected chi connectivity index (χ1v) is 5.11. The van der Waals surface area contributed by atoms with Gasteiger partial charge in [0.15, 0.2) is 0 Å². The molecular weight excluding hydrogens is 168 g/mol. The summed E-state index contributed by atoms with van der Waals surface area (Å²) >= 11 is 0.